The first kappa shape index (κ1) is 17.9. The standard InChI is InChI=1S/C18H13Cl2N3O3/c19-13-2-3-14(20)15(6-13)22-9-12(7-21)18(24)23-8-11-1-4-16-17(5-11)26-10-25-16/h1-6,9,22H,8,10H2,(H,23,24)/b12-9-. The van der Waals surface area contributed by atoms with Gasteiger partial charge >= 0.3 is 0 Å². The van der Waals surface area contributed by atoms with Gasteiger partial charge in [0.05, 0.1) is 10.7 Å². The number of amides is 1. The van der Waals surface area contributed by atoms with Crippen LogP contribution >= 0.6 is 23.2 Å². The summed E-state index contributed by atoms with van der Waals surface area (Å²) >= 11 is 11.9. The predicted octanol–water partition coefficient (Wildman–Crippen LogP) is 3.86. The molecule has 2 aromatic carbocycles. The Morgan fingerprint density at radius 3 is 2.81 bits per heavy atom. The smallest absolute Gasteiger partial charge is 0.263 e. The number of anilines is 1. The molecular weight excluding hydrogens is 377 g/mol. The molecule has 1 aliphatic heterocycles. The number of ether oxygens (including phenoxy) is 2. The molecule has 0 fully saturated rings. The molecule has 0 unspecified atom stereocenters. The van der Waals surface area contributed by atoms with Gasteiger partial charge in [0, 0.05) is 17.8 Å². The summed E-state index contributed by atoms with van der Waals surface area (Å²) in [7, 11) is 0. The molecule has 3 rings (SSSR count). The van der Waals surface area contributed by atoms with E-state index in [0.29, 0.717) is 27.2 Å². The van der Waals surface area contributed by atoms with Crippen LogP contribution in [-0.2, 0) is 11.3 Å². The molecule has 0 aliphatic carbocycles. The summed E-state index contributed by atoms with van der Waals surface area (Å²) in [6, 6.07) is 12.1. The first-order valence-corrected chi connectivity index (χ1v) is 8.31. The zero-order chi connectivity index (χ0) is 18.5. The van der Waals surface area contributed by atoms with Crippen molar-refractivity contribution in [1.82, 2.24) is 5.32 Å². The number of carbonyl (C=O) groups excluding carboxylic acids is 1. The van der Waals surface area contributed by atoms with E-state index in [1.165, 1.54) is 6.20 Å². The molecule has 26 heavy (non-hydrogen) atoms. The Kier molecular flexibility index (Phi) is 5.52. The van der Waals surface area contributed by atoms with Gasteiger partial charge in [0.25, 0.3) is 5.91 Å². The molecule has 2 aromatic rings. The second-order valence-corrected chi connectivity index (χ2v) is 6.15. The summed E-state index contributed by atoms with van der Waals surface area (Å²) in [5, 5.41) is 15.6. The summed E-state index contributed by atoms with van der Waals surface area (Å²) in [6.07, 6.45) is 1.28. The molecule has 0 radical (unpaired) electrons. The van der Waals surface area contributed by atoms with Gasteiger partial charge in [-0.05, 0) is 35.9 Å². The van der Waals surface area contributed by atoms with Crippen LogP contribution < -0.4 is 20.1 Å². The number of carbonyl (C=O) groups is 1. The third-order valence-corrected chi connectivity index (χ3v) is 4.12. The molecule has 1 aliphatic rings. The lowest BCUT2D eigenvalue weighted by atomic mass is 10.2. The Bertz CT molecular complexity index is 922. The zero-order valence-corrected chi connectivity index (χ0v) is 14.9. The first-order valence-electron chi connectivity index (χ1n) is 7.55. The van der Waals surface area contributed by atoms with Crippen molar-refractivity contribution in [2.75, 3.05) is 12.1 Å². The van der Waals surface area contributed by atoms with Gasteiger partial charge < -0.3 is 20.1 Å². The van der Waals surface area contributed by atoms with Crippen LogP contribution in [0.15, 0.2) is 48.2 Å². The third kappa shape index (κ3) is 4.20. The van der Waals surface area contributed by atoms with Crippen molar-refractivity contribution in [2.45, 2.75) is 6.54 Å². The molecule has 6 nitrogen and oxygen atoms in total. The maximum Gasteiger partial charge on any atom is 0.263 e. The summed E-state index contributed by atoms with van der Waals surface area (Å²) < 4.78 is 10.5. The number of halogens is 2. The second kappa shape index (κ2) is 8.00. The highest BCUT2D eigenvalue weighted by molar-refractivity contribution is 6.35. The molecule has 0 saturated carbocycles. The largest absolute Gasteiger partial charge is 0.454 e. The van der Waals surface area contributed by atoms with Gasteiger partial charge in [-0.1, -0.05) is 29.3 Å². The van der Waals surface area contributed by atoms with E-state index < -0.39 is 5.91 Å². The van der Waals surface area contributed by atoms with Crippen molar-refractivity contribution in [1.29, 1.82) is 5.26 Å². The summed E-state index contributed by atoms with van der Waals surface area (Å²) in [4.78, 5) is 12.2. The Hall–Kier alpha value is -2.88. The van der Waals surface area contributed by atoms with Crippen LogP contribution in [0.2, 0.25) is 10.0 Å². The van der Waals surface area contributed by atoms with E-state index >= 15 is 0 Å². The van der Waals surface area contributed by atoms with Crippen LogP contribution in [0.4, 0.5) is 5.69 Å². The lowest BCUT2D eigenvalue weighted by Gasteiger charge is -2.07. The van der Waals surface area contributed by atoms with Gasteiger partial charge in [-0.2, -0.15) is 5.26 Å². The van der Waals surface area contributed by atoms with E-state index in [1.54, 1.807) is 30.3 Å². The van der Waals surface area contributed by atoms with Crippen molar-refractivity contribution in [3.05, 3.63) is 63.8 Å². The highest BCUT2D eigenvalue weighted by atomic mass is 35.5. The Morgan fingerprint density at radius 1 is 1.19 bits per heavy atom. The molecule has 2 N–H and O–H groups in total. The zero-order valence-electron chi connectivity index (χ0n) is 13.4. The van der Waals surface area contributed by atoms with Gasteiger partial charge in [-0.3, -0.25) is 4.79 Å². The minimum Gasteiger partial charge on any atom is -0.454 e. The highest BCUT2D eigenvalue weighted by Crippen LogP contribution is 2.32. The minimum atomic E-state index is -0.518. The number of fused-ring (bicyclic) bond motifs is 1. The lowest BCUT2D eigenvalue weighted by molar-refractivity contribution is -0.117. The van der Waals surface area contributed by atoms with Gasteiger partial charge in [0.15, 0.2) is 11.5 Å². The van der Waals surface area contributed by atoms with E-state index in [9.17, 15) is 10.1 Å². The van der Waals surface area contributed by atoms with Crippen LogP contribution in [0.5, 0.6) is 11.5 Å². The fourth-order valence-corrected chi connectivity index (χ4v) is 2.58. The molecule has 0 bridgehead atoms. The average molecular weight is 390 g/mol. The van der Waals surface area contributed by atoms with Crippen LogP contribution in [-0.4, -0.2) is 12.7 Å². The van der Waals surface area contributed by atoms with Crippen molar-refractivity contribution >= 4 is 34.8 Å². The Balaban J connectivity index is 1.63. The molecule has 0 saturated heterocycles. The molecule has 1 heterocycles. The fraction of sp³-hybridized carbons (Fsp3) is 0.111. The summed E-state index contributed by atoms with van der Waals surface area (Å²) in [6.45, 7) is 0.427. The molecule has 8 heteroatoms. The van der Waals surface area contributed by atoms with E-state index in [4.69, 9.17) is 32.7 Å². The van der Waals surface area contributed by atoms with Crippen LogP contribution in [0.1, 0.15) is 5.56 Å². The van der Waals surface area contributed by atoms with Crippen LogP contribution in [0.3, 0.4) is 0 Å². The monoisotopic (exact) mass is 389 g/mol. The quantitative estimate of drug-likeness (QED) is 0.599. The summed E-state index contributed by atoms with van der Waals surface area (Å²) in [5.41, 5.74) is 1.23. The molecular formula is C18H13Cl2N3O3. The molecule has 1 amide bonds. The number of benzene rings is 2. The Labute approximate surface area is 159 Å². The average Bonchev–Trinajstić information content (AvgIpc) is 3.11. The number of hydrogen-bond donors (Lipinski definition) is 2. The van der Waals surface area contributed by atoms with Crippen LogP contribution in [0, 0.1) is 11.3 Å². The number of rotatable bonds is 5. The molecule has 0 atom stereocenters. The number of nitriles is 1. The number of nitrogens with one attached hydrogen (secondary N) is 2. The maximum atomic E-state index is 12.2. The van der Waals surface area contributed by atoms with E-state index in [-0.39, 0.29) is 18.9 Å². The SMILES string of the molecule is N#C/C(=C/Nc1cc(Cl)ccc1Cl)C(=O)NCc1ccc2c(c1)OCO2. The van der Waals surface area contributed by atoms with Gasteiger partial charge in [-0.25, -0.2) is 0 Å². The minimum absolute atomic E-state index is 0.0956. The van der Waals surface area contributed by atoms with Crippen molar-refractivity contribution in [2.24, 2.45) is 0 Å². The van der Waals surface area contributed by atoms with Gasteiger partial charge in [0.1, 0.15) is 11.6 Å². The maximum absolute atomic E-state index is 12.2. The molecule has 0 spiro atoms. The van der Waals surface area contributed by atoms with Crippen LogP contribution in [0.25, 0.3) is 0 Å². The number of nitrogens with zero attached hydrogens (tertiary/aromatic N) is 1. The molecule has 0 aromatic heterocycles. The first-order chi connectivity index (χ1) is 12.6. The fourth-order valence-electron chi connectivity index (χ4n) is 2.24. The van der Waals surface area contributed by atoms with E-state index in [1.807, 2.05) is 12.1 Å². The normalized spacial score (nSPS) is 12.4. The van der Waals surface area contributed by atoms with Gasteiger partial charge in [-0.15, -0.1) is 0 Å². The predicted molar refractivity (Wildman–Crippen MR) is 98.2 cm³/mol. The lowest BCUT2D eigenvalue weighted by Crippen LogP contribution is -2.24. The van der Waals surface area contributed by atoms with E-state index in [2.05, 4.69) is 10.6 Å². The summed E-state index contributed by atoms with van der Waals surface area (Å²) in [5.74, 6) is 0.779. The highest BCUT2D eigenvalue weighted by Gasteiger charge is 2.14. The third-order valence-electron chi connectivity index (χ3n) is 3.56. The van der Waals surface area contributed by atoms with Crippen molar-refractivity contribution < 1.29 is 14.3 Å². The van der Waals surface area contributed by atoms with Crippen molar-refractivity contribution in [3.63, 3.8) is 0 Å². The second-order valence-electron chi connectivity index (χ2n) is 5.31. The topological polar surface area (TPSA) is 83.4 Å². The molecule has 132 valence electrons. The van der Waals surface area contributed by atoms with Gasteiger partial charge in [0.2, 0.25) is 6.79 Å². The van der Waals surface area contributed by atoms with Crippen molar-refractivity contribution in [3.8, 4) is 17.6 Å². The number of hydrogen-bond acceptors (Lipinski definition) is 5. The van der Waals surface area contributed by atoms with E-state index in [0.717, 1.165) is 5.56 Å². The Morgan fingerprint density at radius 2 is 2.00 bits per heavy atom.